The summed E-state index contributed by atoms with van der Waals surface area (Å²) < 4.78 is 0.986. The molecular weight excluding hydrogens is 234 g/mol. The highest BCUT2D eigenvalue weighted by Gasteiger charge is 2.01. The van der Waals surface area contributed by atoms with Crippen LogP contribution in [0.5, 0.6) is 0 Å². The van der Waals surface area contributed by atoms with E-state index in [1.807, 2.05) is 18.2 Å². The first kappa shape index (κ1) is 9.55. The molecule has 0 unspecified atom stereocenters. The average molecular weight is 242 g/mol. The summed E-state index contributed by atoms with van der Waals surface area (Å²) in [6, 6.07) is 5.69. The van der Waals surface area contributed by atoms with E-state index >= 15 is 0 Å². The highest BCUT2D eigenvalue weighted by atomic mass is 79.9. The van der Waals surface area contributed by atoms with Gasteiger partial charge < -0.3 is 0 Å². The van der Waals surface area contributed by atoms with E-state index in [2.05, 4.69) is 46.8 Å². The van der Waals surface area contributed by atoms with Crippen LogP contribution in [0.2, 0.25) is 0 Å². The van der Waals surface area contributed by atoms with Gasteiger partial charge in [0, 0.05) is 14.9 Å². The zero-order valence-electron chi connectivity index (χ0n) is 6.42. The molecule has 62 valence electrons. The van der Waals surface area contributed by atoms with Gasteiger partial charge in [-0.25, -0.2) is 0 Å². The van der Waals surface area contributed by atoms with Crippen molar-refractivity contribution in [2.75, 3.05) is 0 Å². The van der Waals surface area contributed by atoms with Gasteiger partial charge in [-0.1, -0.05) is 22.5 Å². The summed E-state index contributed by atoms with van der Waals surface area (Å²) in [4.78, 5) is 4.55. The van der Waals surface area contributed by atoms with Crippen molar-refractivity contribution in [3.05, 3.63) is 34.8 Å². The van der Waals surface area contributed by atoms with Gasteiger partial charge in [0.2, 0.25) is 0 Å². The molecule has 0 bridgehead atoms. The minimum Gasteiger partial charge on any atom is -0.264 e. The summed E-state index contributed by atoms with van der Waals surface area (Å²) in [5, 5.41) is 0. The van der Waals surface area contributed by atoms with Gasteiger partial charge >= 0.3 is 0 Å². The van der Waals surface area contributed by atoms with E-state index in [0.717, 1.165) is 15.7 Å². The Labute approximate surface area is 85.8 Å². The first-order chi connectivity index (χ1) is 5.65. The molecule has 0 saturated carbocycles. The summed E-state index contributed by atoms with van der Waals surface area (Å²) in [7, 11) is 0. The summed E-state index contributed by atoms with van der Waals surface area (Å²) in [5.41, 5.74) is 1.71. The number of aliphatic imine (C=N–C) groups is 1. The van der Waals surface area contributed by atoms with Crippen LogP contribution in [-0.4, -0.2) is 6.72 Å². The third-order valence-corrected chi connectivity index (χ3v) is 2.17. The lowest BCUT2D eigenvalue weighted by molar-refractivity contribution is 1.50. The molecule has 1 aromatic carbocycles. The SMILES string of the molecule is C=Nc1ccc(Br)cc1C(=C)S. The van der Waals surface area contributed by atoms with Crippen LogP contribution in [-0.2, 0) is 0 Å². The quantitative estimate of drug-likeness (QED) is 0.600. The summed E-state index contributed by atoms with van der Waals surface area (Å²) in [6.07, 6.45) is 0. The lowest BCUT2D eigenvalue weighted by Crippen LogP contribution is -1.77. The lowest BCUT2D eigenvalue weighted by Gasteiger charge is -2.03. The largest absolute Gasteiger partial charge is 0.264 e. The molecule has 0 N–H and O–H groups in total. The van der Waals surface area contributed by atoms with Crippen molar-refractivity contribution >= 4 is 45.9 Å². The van der Waals surface area contributed by atoms with E-state index in [4.69, 9.17) is 0 Å². The predicted molar refractivity (Wildman–Crippen MR) is 61.4 cm³/mol. The second kappa shape index (κ2) is 3.92. The van der Waals surface area contributed by atoms with Crippen LogP contribution in [0.25, 0.3) is 4.91 Å². The molecule has 0 atom stereocenters. The molecule has 0 aromatic heterocycles. The molecule has 1 nitrogen and oxygen atoms in total. The second-order valence-corrected chi connectivity index (χ2v) is 3.72. The maximum absolute atomic E-state index is 4.16. The summed E-state index contributed by atoms with van der Waals surface area (Å²) in [5.74, 6) is 0. The smallest absolute Gasteiger partial charge is 0.0706 e. The van der Waals surface area contributed by atoms with Crippen molar-refractivity contribution in [1.29, 1.82) is 0 Å². The van der Waals surface area contributed by atoms with E-state index in [1.54, 1.807) is 0 Å². The van der Waals surface area contributed by atoms with Gasteiger partial charge in [0.25, 0.3) is 0 Å². The van der Waals surface area contributed by atoms with Crippen LogP contribution in [0.3, 0.4) is 0 Å². The maximum atomic E-state index is 4.16. The second-order valence-electron chi connectivity index (χ2n) is 2.27. The summed E-state index contributed by atoms with van der Waals surface area (Å²) in [6.45, 7) is 7.19. The molecule has 1 rings (SSSR count). The van der Waals surface area contributed by atoms with Gasteiger partial charge in [0.05, 0.1) is 5.69 Å². The van der Waals surface area contributed by atoms with Gasteiger partial charge in [-0.15, -0.1) is 12.6 Å². The van der Waals surface area contributed by atoms with Crippen molar-refractivity contribution in [3.8, 4) is 0 Å². The Morgan fingerprint density at radius 2 is 2.17 bits per heavy atom. The van der Waals surface area contributed by atoms with Crippen molar-refractivity contribution < 1.29 is 0 Å². The minimum atomic E-state index is 0.693. The lowest BCUT2D eigenvalue weighted by atomic mass is 10.2. The molecule has 3 heteroatoms. The number of rotatable bonds is 2. The molecule has 0 spiro atoms. The fourth-order valence-corrected chi connectivity index (χ4v) is 1.42. The molecule has 0 heterocycles. The fourth-order valence-electron chi connectivity index (χ4n) is 0.877. The number of thiol groups is 1. The third kappa shape index (κ3) is 1.99. The Hall–Kier alpha value is -0.540. The Morgan fingerprint density at radius 1 is 1.50 bits per heavy atom. The normalized spacial score (nSPS) is 9.50. The number of hydrogen-bond acceptors (Lipinski definition) is 2. The Kier molecular flexibility index (Phi) is 3.12. The first-order valence-corrected chi connectivity index (χ1v) is 4.53. The van der Waals surface area contributed by atoms with Gasteiger partial charge in [-0.05, 0) is 24.9 Å². The molecule has 0 fully saturated rings. The Balaban J connectivity index is 3.30. The van der Waals surface area contributed by atoms with E-state index < -0.39 is 0 Å². The highest BCUT2D eigenvalue weighted by molar-refractivity contribution is 9.10. The van der Waals surface area contributed by atoms with Crippen molar-refractivity contribution in [2.45, 2.75) is 0 Å². The number of halogens is 1. The molecule has 0 saturated heterocycles. The Bertz CT molecular complexity index is 333. The van der Waals surface area contributed by atoms with Crippen molar-refractivity contribution in [3.63, 3.8) is 0 Å². The molecule has 1 aromatic rings. The predicted octanol–water partition coefficient (Wildman–Crippen LogP) is 3.68. The topological polar surface area (TPSA) is 12.4 Å². The molecule has 0 amide bonds. The van der Waals surface area contributed by atoms with Gasteiger partial charge in [-0.3, -0.25) is 4.99 Å². The van der Waals surface area contributed by atoms with Crippen LogP contribution in [0.4, 0.5) is 5.69 Å². The average Bonchev–Trinajstić information content (AvgIpc) is 2.04. The van der Waals surface area contributed by atoms with E-state index in [9.17, 15) is 0 Å². The monoisotopic (exact) mass is 241 g/mol. The molecule has 0 aliphatic rings. The highest BCUT2D eigenvalue weighted by Crippen LogP contribution is 2.29. The zero-order valence-corrected chi connectivity index (χ0v) is 8.90. The van der Waals surface area contributed by atoms with Gasteiger partial charge in [-0.2, -0.15) is 0 Å². The number of benzene rings is 1. The van der Waals surface area contributed by atoms with Crippen LogP contribution in [0, 0.1) is 0 Å². The molecule has 0 aliphatic heterocycles. The Morgan fingerprint density at radius 3 is 2.67 bits per heavy atom. The van der Waals surface area contributed by atoms with Crippen LogP contribution in [0.1, 0.15) is 5.56 Å². The fraction of sp³-hybridized carbons (Fsp3) is 0. The molecular formula is C9H8BrNS. The third-order valence-electron chi connectivity index (χ3n) is 1.44. The van der Waals surface area contributed by atoms with Crippen LogP contribution in [0.15, 0.2) is 34.2 Å². The van der Waals surface area contributed by atoms with E-state index in [-0.39, 0.29) is 0 Å². The van der Waals surface area contributed by atoms with E-state index in [0.29, 0.717) is 4.91 Å². The van der Waals surface area contributed by atoms with Crippen molar-refractivity contribution in [2.24, 2.45) is 4.99 Å². The zero-order chi connectivity index (χ0) is 9.14. The molecule has 12 heavy (non-hydrogen) atoms. The number of nitrogens with zero attached hydrogens (tertiary/aromatic N) is 1. The van der Waals surface area contributed by atoms with Crippen LogP contribution < -0.4 is 0 Å². The van der Waals surface area contributed by atoms with E-state index in [1.165, 1.54) is 0 Å². The molecule has 0 aliphatic carbocycles. The first-order valence-electron chi connectivity index (χ1n) is 3.29. The van der Waals surface area contributed by atoms with Gasteiger partial charge in [0.1, 0.15) is 0 Å². The minimum absolute atomic E-state index is 0.693. The standard InChI is InChI=1S/C9H8BrNS/c1-6(12)8-5-7(10)3-4-9(8)11-2/h3-5,12H,1-2H2. The van der Waals surface area contributed by atoms with Crippen molar-refractivity contribution in [1.82, 2.24) is 0 Å². The summed E-state index contributed by atoms with van der Waals surface area (Å²) >= 11 is 7.51. The van der Waals surface area contributed by atoms with Crippen LogP contribution >= 0.6 is 28.6 Å². The molecule has 0 radical (unpaired) electrons. The van der Waals surface area contributed by atoms with Gasteiger partial charge in [0.15, 0.2) is 0 Å². The number of hydrogen-bond donors (Lipinski definition) is 1. The maximum Gasteiger partial charge on any atom is 0.0706 e.